The molecule has 0 spiro atoms. The molecule has 0 aliphatic rings. The van der Waals surface area contributed by atoms with Gasteiger partial charge in [0.2, 0.25) is 0 Å². The molecular formula is C9H21NS. The summed E-state index contributed by atoms with van der Waals surface area (Å²) < 4.78 is 0. The summed E-state index contributed by atoms with van der Waals surface area (Å²) >= 11 is 1.93. The molecule has 1 N–H and O–H groups in total. The minimum Gasteiger partial charge on any atom is -0.313 e. The summed E-state index contributed by atoms with van der Waals surface area (Å²) in [5.41, 5.74) is 0. The van der Waals surface area contributed by atoms with Gasteiger partial charge in [0.15, 0.2) is 0 Å². The van der Waals surface area contributed by atoms with Gasteiger partial charge in [0.25, 0.3) is 0 Å². The van der Waals surface area contributed by atoms with Crippen molar-refractivity contribution in [3.8, 4) is 0 Å². The molecule has 0 heterocycles. The lowest BCUT2D eigenvalue weighted by Gasteiger charge is -2.14. The molecule has 2 heteroatoms. The Labute approximate surface area is 75.3 Å². The second-order valence-electron chi connectivity index (χ2n) is 2.87. The van der Waals surface area contributed by atoms with Gasteiger partial charge >= 0.3 is 0 Å². The Morgan fingerprint density at radius 1 is 1.36 bits per heavy atom. The summed E-state index contributed by atoms with van der Waals surface area (Å²) in [6.07, 6.45) is 6.03. The van der Waals surface area contributed by atoms with Crippen molar-refractivity contribution in [3.05, 3.63) is 0 Å². The third kappa shape index (κ3) is 6.70. The third-order valence-electron chi connectivity index (χ3n) is 1.82. The Kier molecular flexibility index (Phi) is 8.64. The van der Waals surface area contributed by atoms with Crippen molar-refractivity contribution >= 4 is 11.8 Å². The van der Waals surface area contributed by atoms with Crippen LogP contribution in [0.5, 0.6) is 0 Å². The summed E-state index contributed by atoms with van der Waals surface area (Å²) in [7, 11) is 0. The zero-order chi connectivity index (χ0) is 8.53. The zero-order valence-corrected chi connectivity index (χ0v) is 8.84. The first-order valence-corrected chi connectivity index (χ1v) is 5.96. The molecule has 0 radical (unpaired) electrons. The number of thioether (sulfide) groups is 1. The van der Waals surface area contributed by atoms with Gasteiger partial charge in [-0.05, 0) is 25.6 Å². The highest BCUT2D eigenvalue weighted by atomic mass is 32.2. The van der Waals surface area contributed by atoms with Crippen molar-refractivity contribution in [3.63, 3.8) is 0 Å². The molecule has 0 fully saturated rings. The van der Waals surface area contributed by atoms with E-state index in [0.29, 0.717) is 0 Å². The number of rotatable bonds is 7. The zero-order valence-electron chi connectivity index (χ0n) is 8.02. The molecule has 0 saturated carbocycles. The van der Waals surface area contributed by atoms with Crippen LogP contribution in [0.4, 0.5) is 0 Å². The van der Waals surface area contributed by atoms with E-state index in [1.165, 1.54) is 31.6 Å². The van der Waals surface area contributed by atoms with Crippen LogP contribution in [0.2, 0.25) is 0 Å². The Hall–Kier alpha value is 0.310. The molecule has 0 bridgehead atoms. The first kappa shape index (κ1) is 11.3. The van der Waals surface area contributed by atoms with Crippen molar-refractivity contribution < 1.29 is 0 Å². The smallest absolute Gasteiger partial charge is 0.0155 e. The van der Waals surface area contributed by atoms with Gasteiger partial charge in [-0.2, -0.15) is 11.8 Å². The van der Waals surface area contributed by atoms with Gasteiger partial charge in [-0.1, -0.05) is 20.3 Å². The standard InChI is InChI=1S/C9H21NS/c1-4-6-7-10-9(5-2)8-11-3/h9-10H,4-8H2,1-3H3. The van der Waals surface area contributed by atoms with Crippen LogP contribution >= 0.6 is 11.8 Å². The molecule has 0 aliphatic carbocycles. The maximum Gasteiger partial charge on any atom is 0.0155 e. The molecule has 1 nitrogen and oxygen atoms in total. The van der Waals surface area contributed by atoms with Gasteiger partial charge in [-0.3, -0.25) is 0 Å². The fourth-order valence-electron chi connectivity index (χ4n) is 1.01. The maximum atomic E-state index is 3.55. The largest absolute Gasteiger partial charge is 0.313 e. The average Bonchev–Trinajstić information content (AvgIpc) is 2.03. The summed E-state index contributed by atoms with van der Waals surface area (Å²) in [5.74, 6) is 1.25. The molecule has 11 heavy (non-hydrogen) atoms. The van der Waals surface area contributed by atoms with E-state index in [4.69, 9.17) is 0 Å². The first-order valence-electron chi connectivity index (χ1n) is 4.57. The van der Waals surface area contributed by atoms with Crippen LogP contribution in [0.15, 0.2) is 0 Å². The summed E-state index contributed by atoms with van der Waals surface area (Å²) in [6.45, 7) is 5.67. The lowest BCUT2D eigenvalue weighted by atomic mass is 10.2. The Morgan fingerprint density at radius 2 is 2.09 bits per heavy atom. The second-order valence-corrected chi connectivity index (χ2v) is 3.78. The molecule has 0 saturated heterocycles. The van der Waals surface area contributed by atoms with E-state index in [1.807, 2.05) is 11.8 Å². The second kappa shape index (κ2) is 8.41. The molecule has 1 unspecified atom stereocenters. The number of unbranched alkanes of at least 4 members (excludes halogenated alkanes) is 1. The predicted octanol–water partition coefficient (Wildman–Crippen LogP) is 2.52. The monoisotopic (exact) mass is 175 g/mol. The van der Waals surface area contributed by atoms with Crippen molar-refractivity contribution in [2.24, 2.45) is 0 Å². The quantitative estimate of drug-likeness (QED) is 0.597. The molecule has 1 atom stereocenters. The molecule has 0 aliphatic heterocycles. The first-order chi connectivity index (χ1) is 5.35. The highest BCUT2D eigenvalue weighted by molar-refractivity contribution is 7.98. The highest BCUT2D eigenvalue weighted by Crippen LogP contribution is 2.00. The van der Waals surface area contributed by atoms with Crippen LogP contribution in [-0.2, 0) is 0 Å². The predicted molar refractivity (Wildman–Crippen MR) is 55.4 cm³/mol. The lowest BCUT2D eigenvalue weighted by Crippen LogP contribution is -2.31. The molecular weight excluding hydrogens is 154 g/mol. The van der Waals surface area contributed by atoms with Crippen molar-refractivity contribution in [1.82, 2.24) is 5.32 Å². The Balaban J connectivity index is 3.20. The Morgan fingerprint density at radius 3 is 2.55 bits per heavy atom. The molecule has 0 aromatic rings. The average molecular weight is 175 g/mol. The number of nitrogens with one attached hydrogen (secondary N) is 1. The van der Waals surface area contributed by atoms with Crippen molar-refractivity contribution in [1.29, 1.82) is 0 Å². The number of hydrogen-bond donors (Lipinski definition) is 1. The van der Waals surface area contributed by atoms with Crippen LogP contribution in [0.25, 0.3) is 0 Å². The number of hydrogen-bond acceptors (Lipinski definition) is 2. The van der Waals surface area contributed by atoms with E-state index < -0.39 is 0 Å². The molecule has 0 aromatic heterocycles. The topological polar surface area (TPSA) is 12.0 Å². The summed E-state index contributed by atoms with van der Waals surface area (Å²) in [5, 5.41) is 3.55. The van der Waals surface area contributed by atoms with Gasteiger partial charge in [-0.25, -0.2) is 0 Å². The maximum absolute atomic E-state index is 3.55. The van der Waals surface area contributed by atoms with Gasteiger partial charge in [0.05, 0.1) is 0 Å². The van der Waals surface area contributed by atoms with Crippen LogP contribution < -0.4 is 5.32 Å². The van der Waals surface area contributed by atoms with E-state index in [-0.39, 0.29) is 0 Å². The van der Waals surface area contributed by atoms with E-state index in [2.05, 4.69) is 25.4 Å². The fraction of sp³-hybridized carbons (Fsp3) is 1.00. The van der Waals surface area contributed by atoms with Crippen LogP contribution in [0, 0.1) is 0 Å². The van der Waals surface area contributed by atoms with Gasteiger partial charge in [-0.15, -0.1) is 0 Å². The van der Waals surface area contributed by atoms with E-state index >= 15 is 0 Å². The van der Waals surface area contributed by atoms with Gasteiger partial charge in [0.1, 0.15) is 0 Å². The highest BCUT2D eigenvalue weighted by Gasteiger charge is 2.01. The van der Waals surface area contributed by atoms with E-state index in [0.717, 1.165) is 6.04 Å². The summed E-state index contributed by atoms with van der Waals surface area (Å²) in [6, 6.07) is 0.733. The fourth-order valence-corrected chi connectivity index (χ4v) is 1.76. The Bertz CT molecular complexity index is 76.0. The van der Waals surface area contributed by atoms with E-state index in [1.54, 1.807) is 0 Å². The summed E-state index contributed by atoms with van der Waals surface area (Å²) in [4.78, 5) is 0. The molecule has 68 valence electrons. The third-order valence-corrected chi connectivity index (χ3v) is 2.56. The SMILES string of the molecule is CCCCNC(CC)CSC. The van der Waals surface area contributed by atoms with Crippen LogP contribution in [0.1, 0.15) is 33.1 Å². The van der Waals surface area contributed by atoms with Gasteiger partial charge < -0.3 is 5.32 Å². The molecule has 0 rings (SSSR count). The molecule has 0 amide bonds. The lowest BCUT2D eigenvalue weighted by molar-refractivity contribution is 0.528. The normalized spacial score (nSPS) is 13.4. The minimum atomic E-state index is 0.733. The minimum absolute atomic E-state index is 0.733. The van der Waals surface area contributed by atoms with E-state index in [9.17, 15) is 0 Å². The van der Waals surface area contributed by atoms with Crippen molar-refractivity contribution in [2.45, 2.75) is 39.2 Å². The van der Waals surface area contributed by atoms with Gasteiger partial charge in [0, 0.05) is 11.8 Å². The molecule has 0 aromatic carbocycles. The van der Waals surface area contributed by atoms with Crippen LogP contribution in [-0.4, -0.2) is 24.6 Å². The van der Waals surface area contributed by atoms with Crippen molar-refractivity contribution in [2.75, 3.05) is 18.6 Å². The van der Waals surface area contributed by atoms with Crippen LogP contribution in [0.3, 0.4) is 0 Å².